The molecule has 0 saturated carbocycles. The zero-order valence-electron chi connectivity index (χ0n) is 10.3. The van der Waals surface area contributed by atoms with Crippen molar-refractivity contribution in [2.45, 2.75) is 13.8 Å². The minimum Gasteiger partial charge on any atom is -0.480 e. The first-order valence-corrected chi connectivity index (χ1v) is 5.32. The average molecular weight is 246 g/mol. The molecule has 0 saturated heterocycles. The SMILES string of the molecule is C=CCN(CC(=O)O)c1nnc(C)c(C)c1C#N. The molecule has 0 aromatic carbocycles. The van der Waals surface area contributed by atoms with Crippen molar-refractivity contribution in [2.24, 2.45) is 0 Å². The molecule has 18 heavy (non-hydrogen) atoms. The Morgan fingerprint density at radius 1 is 1.56 bits per heavy atom. The van der Waals surface area contributed by atoms with Crippen LogP contribution in [-0.2, 0) is 4.79 Å². The smallest absolute Gasteiger partial charge is 0.323 e. The lowest BCUT2D eigenvalue weighted by molar-refractivity contribution is -0.135. The number of aryl methyl sites for hydroxylation is 1. The van der Waals surface area contributed by atoms with Gasteiger partial charge in [0.1, 0.15) is 18.2 Å². The van der Waals surface area contributed by atoms with E-state index in [1.54, 1.807) is 19.9 Å². The van der Waals surface area contributed by atoms with Crippen LogP contribution in [0.1, 0.15) is 16.8 Å². The zero-order chi connectivity index (χ0) is 13.7. The Bertz CT molecular complexity index is 520. The number of nitriles is 1. The Labute approximate surface area is 105 Å². The van der Waals surface area contributed by atoms with Gasteiger partial charge in [0, 0.05) is 6.54 Å². The normalized spacial score (nSPS) is 9.61. The van der Waals surface area contributed by atoms with Crippen LogP contribution in [0.25, 0.3) is 0 Å². The van der Waals surface area contributed by atoms with Gasteiger partial charge in [0.25, 0.3) is 0 Å². The summed E-state index contributed by atoms with van der Waals surface area (Å²) in [5, 5.41) is 25.9. The first-order valence-electron chi connectivity index (χ1n) is 5.32. The molecule has 1 aromatic rings. The highest BCUT2D eigenvalue weighted by Crippen LogP contribution is 2.20. The maximum Gasteiger partial charge on any atom is 0.323 e. The van der Waals surface area contributed by atoms with Crippen molar-refractivity contribution in [3.8, 4) is 6.07 Å². The molecule has 1 rings (SSSR count). The molecule has 1 N–H and O–H groups in total. The Hall–Kier alpha value is -2.42. The summed E-state index contributed by atoms with van der Waals surface area (Å²) in [4.78, 5) is 12.3. The number of carboxylic acids is 1. The van der Waals surface area contributed by atoms with Gasteiger partial charge in [-0.25, -0.2) is 0 Å². The van der Waals surface area contributed by atoms with E-state index in [1.165, 1.54) is 4.90 Å². The van der Waals surface area contributed by atoms with Gasteiger partial charge in [0.05, 0.1) is 5.69 Å². The summed E-state index contributed by atoms with van der Waals surface area (Å²) in [7, 11) is 0. The van der Waals surface area contributed by atoms with Crippen molar-refractivity contribution >= 4 is 11.8 Å². The third-order valence-corrected chi connectivity index (χ3v) is 2.52. The number of anilines is 1. The lowest BCUT2D eigenvalue weighted by Gasteiger charge is -2.21. The second-order valence-corrected chi connectivity index (χ2v) is 3.78. The minimum absolute atomic E-state index is 0.252. The number of nitrogens with zero attached hydrogens (tertiary/aromatic N) is 4. The summed E-state index contributed by atoms with van der Waals surface area (Å²) in [6, 6.07) is 2.05. The van der Waals surface area contributed by atoms with E-state index in [1.807, 2.05) is 6.07 Å². The van der Waals surface area contributed by atoms with E-state index in [0.29, 0.717) is 16.8 Å². The molecule has 0 aliphatic carbocycles. The molecule has 94 valence electrons. The molecule has 0 fully saturated rings. The maximum atomic E-state index is 10.8. The summed E-state index contributed by atoms with van der Waals surface area (Å²) < 4.78 is 0. The van der Waals surface area contributed by atoms with Gasteiger partial charge in [-0.1, -0.05) is 6.08 Å². The average Bonchev–Trinajstić information content (AvgIpc) is 2.31. The lowest BCUT2D eigenvalue weighted by Crippen LogP contribution is -2.31. The highest BCUT2D eigenvalue weighted by atomic mass is 16.4. The van der Waals surface area contributed by atoms with E-state index in [4.69, 9.17) is 10.4 Å². The fourth-order valence-electron chi connectivity index (χ4n) is 1.50. The van der Waals surface area contributed by atoms with Crippen molar-refractivity contribution in [1.29, 1.82) is 5.26 Å². The zero-order valence-corrected chi connectivity index (χ0v) is 10.3. The van der Waals surface area contributed by atoms with Crippen molar-refractivity contribution in [3.05, 3.63) is 29.5 Å². The lowest BCUT2D eigenvalue weighted by atomic mass is 10.1. The topological polar surface area (TPSA) is 90.1 Å². The van der Waals surface area contributed by atoms with Gasteiger partial charge >= 0.3 is 5.97 Å². The molecular formula is C12H14N4O2. The molecule has 0 atom stereocenters. The number of aliphatic carboxylic acids is 1. The molecule has 0 spiro atoms. The van der Waals surface area contributed by atoms with Crippen LogP contribution in [0.4, 0.5) is 5.82 Å². The second kappa shape index (κ2) is 5.77. The van der Waals surface area contributed by atoms with Crippen LogP contribution < -0.4 is 4.90 Å². The largest absolute Gasteiger partial charge is 0.480 e. The molecule has 0 aliphatic heterocycles. The van der Waals surface area contributed by atoms with Gasteiger partial charge in [-0.2, -0.15) is 10.4 Å². The predicted molar refractivity (Wildman–Crippen MR) is 66.3 cm³/mol. The molecular weight excluding hydrogens is 232 g/mol. The Kier molecular flexibility index (Phi) is 4.38. The monoisotopic (exact) mass is 246 g/mol. The van der Waals surface area contributed by atoms with Crippen LogP contribution in [0.15, 0.2) is 12.7 Å². The van der Waals surface area contributed by atoms with E-state index in [2.05, 4.69) is 16.8 Å². The number of hydrogen-bond donors (Lipinski definition) is 1. The molecule has 0 amide bonds. The van der Waals surface area contributed by atoms with Gasteiger partial charge in [-0.15, -0.1) is 11.7 Å². The molecule has 0 radical (unpaired) electrons. The standard InChI is InChI=1S/C12H14N4O2/c1-4-5-16(7-11(17)18)12-10(6-13)8(2)9(3)14-15-12/h4H,1,5,7H2,2-3H3,(H,17,18). The number of carboxylic acid groups (broad SMARTS) is 1. The third-order valence-electron chi connectivity index (χ3n) is 2.52. The van der Waals surface area contributed by atoms with Gasteiger partial charge < -0.3 is 10.0 Å². The molecule has 6 heteroatoms. The summed E-state index contributed by atoms with van der Waals surface area (Å²) in [6.45, 7) is 7.12. The number of rotatable bonds is 5. The summed E-state index contributed by atoms with van der Waals surface area (Å²) in [5.74, 6) is -0.719. The van der Waals surface area contributed by atoms with E-state index in [0.717, 1.165) is 0 Å². The van der Waals surface area contributed by atoms with Crippen molar-refractivity contribution < 1.29 is 9.90 Å². The molecule has 1 heterocycles. The first-order chi connectivity index (χ1) is 8.51. The second-order valence-electron chi connectivity index (χ2n) is 3.78. The van der Waals surface area contributed by atoms with Crippen molar-refractivity contribution in [1.82, 2.24) is 10.2 Å². The number of carbonyl (C=O) groups is 1. The van der Waals surface area contributed by atoms with Crippen molar-refractivity contribution in [2.75, 3.05) is 18.0 Å². The molecule has 1 aromatic heterocycles. The van der Waals surface area contributed by atoms with Crippen LogP contribution in [0.5, 0.6) is 0 Å². The van der Waals surface area contributed by atoms with E-state index >= 15 is 0 Å². The summed E-state index contributed by atoms with van der Waals surface area (Å²) >= 11 is 0. The fourth-order valence-corrected chi connectivity index (χ4v) is 1.50. The predicted octanol–water partition coefficient (Wildman–Crippen LogP) is 1.04. The van der Waals surface area contributed by atoms with Crippen LogP contribution >= 0.6 is 0 Å². The molecule has 0 aliphatic rings. The van der Waals surface area contributed by atoms with Crippen LogP contribution in [0.2, 0.25) is 0 Å². The fraction of sp³-hybridized carbons (Fsp3) is 0.333. The van der Waals surface area contributed by atoms with E-state index in [9.17, 15) is 4.79 Å². The maximum absolute atomic E-state index is 10.8. The minimum atomic E-state index is -0.999. The Morgan fingerprint density at radius 3 is 2.72 bits per heavy atom. The Balaban J connectivity index is 3.28. The Morgan fingerprint density at radius 2 is 2.22 bits per heavy atom. The van der Waals surface area contributed by atoms with Gasteiger partial charge in [-0.05, 0) is 19.4 Å². The van der Waals surface area contributed by atoms with Gasteiger partial charge in [0.15, 0.2) is 5.82 Å². The highest BCUT2D eigenvalue weighted by molar-refractivity contribution is 5.74. The van der Waals surface area contributed by atoms with Gasteiger partial charge in [0.2, 0.25) is 0 Å². The molecule has 6 nitrogen and oxygen atoms in total. The number of hydrogen-bond acceptors (Lipinski definition) is 5. The highest BCUT2D eigenvalue weighted by Gasteiger charge is 2.18. The number of aromatic nitrogens is 2. The van der Waals surface area contributed by atoms with E-state index in [-0.39, 0.29) is 18.9 Å². The quantitative estimate of drug-likeness (QED) is 0.781. The van der Waals surface area contributed by atoms with Crippen molar-refractivity contribution in [3.63, 3.8) is 0 Å². The third kappa shape index (κ3) is 2.83. The molecule has 0 bridgehead atoms. The summed E-state index contributed by atoms with van der Waals surface area (Å²) in [5.41, 5.74) is 1.72. The summed E-state index contributed by atoms with van der Waals surface area (Å²) in [6.07, 6.45) is 1.56. The molecule has 0 unspecified atom stereocenters. The van der Waals surface area contributed by atoms with E-state index < -0.39 is 5.97 Å². The van der Waals surface area contributed by atoms with Crippen LogP contribution in [0, 0.1) is 25.2 Å². The van der Waals surface area contributed by atoms with Crippen LogP contribution in [-0.4, -0.2) is 34.4 Å². The van der Waals surface area contributed by atoms with Gasteiger partial charge in [-0.3, -0.25) is 4.79 Å². The first kappa shape index (κ1) is 13.6. The van der Waals surface area contributed by atoms with Crippen LogP contribution in [0.3, 0.4) is 0 Å².